The summed E-state index contributed by atoms with van der Waals surface area (Å²) >= 11 is 0. The molecule has 0 aliphatic carbocycles. The molecule has 1 amide bonds. The minimum absolute atomic E-state index is 0.0774. The number of aromatic nitrogens is 2. The number of nitrogens with zero attached hydrogens (tertiary/aromatic N) is 2. The van der Waals surface area contributed by atoms with Crippen LogP contribution >= 0.6 is 0 Å². The van der Waals surface area contributed by atoms with Gasteiger partial charge in [-0.3, -0.25) is 9.48 Å². The van der Waals surface area contributed by atoms with Crippen LogP contribution in [0.1, 0.15) is 53.6 Å². The van der Waals surface area contributed by atoms with Crippen molar-refractivity contribution < 1.29 is 4.79 Å². The molecule has 2 rings (SSSR count). The Bertz CT molecular complexity index is 697. The Morgan fingerprint density at radius 1 is 1.09 bits per heavy atom. The Kier molecular flexibility index (Phi) is 4.14. The second kappa shape index (κ2) is 5.59. The Hall–Kier alpha value is -2.10. The molecule has 4 nitrogen and oxygen atoms in total. The molecule has 118 valence electrons. The summed E-state index contributed by atoms with van der Waals surface area (Å²) in [7, 11) is 1.80. The summed E-state index contributed by atoms with van der Waals surface area (Å²) < 4.78 is 1.65. The van der Waals surface area contributed by atoms with Crippen LogP contribution in [0.3, 0.4) is 0 Å². The largest absolute Gasteiger partial charge is 0.320 e. The normalized spacial score (nSPS) is 11.6. The summed E-state index contributed by atoms with van der Waals surface area (Å²) in [4.78, 5) is 12.6. The van der Waals surface area contributed by atoms with Gasteiger partial charge in [-0.05, 0) is 38.0 Å². The summed E-state index contributed by atoms with van der Waals surface area (Å²) in [6.07, 6.45) is 0. The van der Waals surface area contributed by atoms with Gasteiger partial charge in [-0.1, -0.05) is 38.5 Å². The van der Waals surface area contributed by atoms with Crippen molar-refractivity contribution in [1.82, 2.24) is 9.78 Å². The van der Waals surface area contributed by atoms with Crippen molar-refractivity contribution in [2.45, 2.75) is 47.0 Å². The van der Waals surface area contributed by atoms with Crippen LogP contribution in [0.2, 0.25) is 0 Å². The van der Waals surface area contributed by atoms with Crippen molar-refractivity contribution in [2.24, 2.45) is 7.05 Å². The van der Waals surface area contributed by atoms with Crippen molar-refractivity contribution >= 4 is 11.6 Å². The highest BCUT2D eigenvalue weighted by atomic mass is 16.2. The third-order valence-corrected chi connectivity index (χ3v) is 3.80. The smallest absolute Gasteiger partial charge is 0.273 e. The molecule has 0 radical (unpaired) electrons. The number of amides is 1. The lowest BCUT2D eigenvalue weighted by Gasteiger charge is -2.13. The third kappa shape index (κ3) is 3.21. The van der Waals surface area contributed by atoms with Gasteiger partial charge in [0.15, 0.2) is 0 Å². The van der Waals surface area contributed by atoms with Gasteiger partial charge in [-0.15, -0.1) is 0 Å². The molecule has 22 heavy (non-hydrogen) atoms. The molecule has 1 heterocycles. The first-order chi connectivity index (χ1) is 10.1. The van der Waals surface area contributed by atoms with E-state index in [2.05, 4.69) is 50.2 Å². The van der Waals surface area contributed by atoms with E-state index in [0.29, 0.717) is 5.69 Å². The van der Waals surface area contributed by atoms with Crippen molar-refractivity contribution in [3.05, 3.63) is 46.3 Å². The summed E-state index contributed by atoms with van der Waals surface area (Å²) in [5.41, 5.74) is 5.64. The number of anilines is 1. The van der Waals surface area contributed by atoms with E-state index < -0.39 is 0 Å². The van der Waals surface area contributed by atoms with Crippen LogP contribution in [-0.2, 0) is 12.5 Å². The Morgan fingerprint density at radius 3 is 2.09 bits per heavy atom. The fourth-order valence-electron chi connectivity index (χ4n) is 2.60. The lowest BCUT2D eigenvalue weighted by Crippen LogP contribution is -2.17. The first kappa shape index (κ1) is 16.3. The highest BCUT2D eigenvalue weighted by Gasteiger charge is 2.22. The van der Waals surface area contributed by atoms with Crippen molar-refractivity contribution in [3.8, 4) is 0 Å². The number of benzene rings is 1. The molecule has 2 aromatic rings. The van der Waals surface area contributed by atoms with Crippen LogP contribution in [0.15, 0.2) is 18.2 Å². The van der Waals surface area contributed by atoms with Gasteiger partial charge in [0.25, 0.3) is 5.91 Å². The Labute approximate surface area is 132 Å². The highest BCUT2D eigenvalue weighted by molar-refractivity contribution is 6.04. The molecule has 0 saturated carbocycles. The van der Waals surface area contributed by atoms with Crippen LogP contribution < -0.4 is 5.32 Å². The van der Waals surface area contributed by atoms with Crippen LogP contribution in [0.25, 0.3) is 0 Å². The second-order valence-corrected chi connectivity index (χ2v) is 7.02. The van der Waals surface area contributed by atoms with Crippen LogP contribution in [0.5, 0.6) is 0 Å². The van der Waals surface area contributed by atoms with E-state index in [0.717, 1.165) is 22.5 Å². The Morgan fingerprint density at radius 2 is 1.64 bits per heavy atom. The van der Waals surface area contributed by atoms with E-state index in [1.54, 1.807) is 11.7 Å². The average molecular weight is 299 g/mol. The van der Waals surface area contributed by atoms with E-state index in [-0.39, 0.29) is 11.3 Å². The van der Waals surface area contributed by atoms with Crippen LogP contribution in [0.4, 0.5) is 5.69 Å². The maximum atomic E-state index is 12.6. The zero-order valence-corrected chi connectivity index (χ0v) is 14.5. The molecule has 0 bridgehead atoms. The standard InChI is InChI=1S/C18H25N3O/c1-11-8-12(2)16(13(3)9-11)19-17(22)14-10-15(18(4,5)6)20-21(14)7/h8-10H,1-7H3,(H,19,22). The maximum absolute atomic E-state index is 12.6. The summed E-state index contributed by atoms with van der Waals surface area (Å²) in [5.74, 6) is -0.124. The van der Waals surface area contributed by atoms with Gasteiger partial charge in [0, 0.05) is 18.2 Å². The zero-order valence-electron chi connectivity index (χ0n) is 14.5. The zero-order chi connectivity index (χ0) is 16.7. The number of aryl methyl sites for hydroxylation is 4. The molecule has 0 unspecified atom stereocenters. The SMILES string of the molecule is Cc1cc(C)c(NC(=O)c2cc(C(C)(C)C)nn2C)c(C)c1. The molecule has 0 atom stereocenters. The number of hydrogen-bond acceptors (Lipinski definition) is 2. The fraction of sp³-hybridized carbons (Fsp3) is 0.444. The van der Waals surface area contributed by atoms with Crippen molar-refractivity contribution in [3.63, 3.8) is 0 Å². The van der Waals surface area contributed by atoms with E-state index >= 15 is 0 Å². The maximum Gasteiger partial charge on any atom is 0.273 e. The van der Waals surface area contributed by atoms with Crippen LogP contribution in [-0.4, -0.2) is 15.7 Å². The van der Waals surface area contributed by atoms with Gasteiger partial charge in [0.2, 0.25) is 0 Å². The Balaban J connectivity index is 2.33. The molecule has 0 spiro atoms. The number of carbonyl (C=O) groups excluding carboxylic acids is 1. The predicted octanol–water partition coefficient (Wildman–Crippen LogP) is 3.90. The molecule has 0 saturated heterocycles. The molecule has 0 fully saturated rings. The van der Waals surface area contributed by atoms with Crippen LogP contribution in [0, 0.1) is 20.8 Å². The van der Waals surface area contributed by atoms with Gasteiger partial charge in [-0.2, -0.15) is 5.10 Å². The lowest BCUT2D eigenvalue weighted by molar-refractivity contribution is 0.101. The van der Waals surface area contributed by atoms with E-state index in [9.17, 15) is 4.79 Å². The number of carbonyl (C=O) groups is 1. The number of rotatable bonds is 2. The minimum atomic E-state index is -0.124. The first-order valence-electron chi connectivity index (χ1n) is 7.53. The molecule has 1 aromatic carbocycles. The summed E-state index contributed by atoms with van der Waals surface area (Å²) in [6.45, 7) is 12.4. The van der Waals surface area contributed by atoms with Gasteiger partial charge in [0.1, 0.15) is 5.69 Å². The fourth-order valence-corrected chi connectivity index (χ4v) is 2.60. The molecule has 4 heteroatoms. The van der Waals surface area contributed by atoms with Gasteiger partial charge >= 0.3 is 0 Å². The second-order valence-electron chi connectivity index (χ2n) is 7.02. The number of hydrogen-bond donors (Lipinski definition) is 1. The average Bonchev–Trinajstić information content (AvgIpc) is 2.75. The topological polar surface area (TPSA) is 46.9 Å². The third-order valence-electron chi connectivity index (χ3n) is 3.80. The molecular formula is C18H25N3O. The highest BCUT2D eigenvalue weighted by Crippen LogP contribution is 2.24. The quantitative estimate of drug-likeness (QED) is 0.914. The van der Waals surface area contributed by atoms with E-state index in [1.807, 2.05) is 19.9 Å². The van der Waals surface area contributed by atoms with Crippen molar-refractivity contribution in [1.29, 1.82) is 0 Å². The minimum Gasteiger partial charge on any atom is -0.320 e. The molecule has 1 aromatic heterocycles. The molecule has 0 aliphatic rings. The monoisotopic (exact) mass is 299 g/mol. The summed E-state index contributed by atoms with van der Waals surface area (Å²) in [5, 5.41) is 7.49. The van der Waals surface area contributed by atoms with Gasteiger partial charge in [0.05, 0.1) is 5.69 Å². The van der Waals surface area contributed by atoms with E-state index in [1.165, 1.54) is 5.56 Å². The first-order valence-corrected chi connectivity index (χ1v) is 7.53. The van der Waals surface area contributed by atoms with Gasteiger partial charge in [-0.25, -0.2) is 0 Å². The number of nitrogens with one attached hydrogen (secondary N) is 1. The lowest BCUT2D eigenvalue weighted by atomic mass is 9.92. The molecule has 1 N–H and O–H groups in total. The van der Waals surface area contributed by atoms with Gasteiger partial charge < -0.3 is 5.32 Å². The van der Waals surface area contributed by atoms with E-state index in [4.69, 9.17) is 0 Å². The van der Waals surface area contributed by atoms with Crippen molar-refractivity contribution in [2.75, 3.05) is 5.32 Å². The summed E-state index contributed by atoms with van der Waals surface area (Å²) in [6, 6.07) is 6.02. The molecular weight excluding hydrogens is 274 g/mol. The predicted molar refractivity (Wildman–Crippen MR) is 90.5 cm³/mol. The molecule has 0 aliphatic heterocycles.